The molecule has 0 rings (SSSR count). The molecule has 0 bridgehead atoms. The van der Waals surface area contributed by atoms with Crippen LogP contribution in [0.5, 0.6) is 0 Å². The van der Waals surface area contributed by atoms with E-state index < -0.39 is 0 Å². The molecule has 0 aromatic rings. The number of carbonyl (C=O) groups excluding carboxylic acids is 1. The molecule has 0 amide bonds. The Hall–Kier alpha value is -0.770. The summed E-state index contributed by atoms with van der Waals surface area (Å²) in [5.41, 5.74) is 0. The van der Waals surface area contributed by atoms with E-state index in [-0.39, 0.29) is 5.12 Å². The molecular formula is C4H6N2OS. The number of thiol groups is 1. The van der Waals surface area contributed by atoms with E-state index in [9.17, 15) is 4.79 Å². The third kappa shape index (κ3) is 5.23. The molecule has 0 aliphatic rings. The highest BCUT2D eigenvalue weighted by Crippen LogP contribution is 1.77. The smallest absolute Gasteiger partial charge is 0.209 e. The van der Waals surface area contributed by atoms with Crippen LogP contribution in [0.4, 0.5) is 0 Å². The van der Waals surface area contributed by atoms with Crippen LogP contribution in [0.2, 0.25) is 0 Å². The molecule has 0 saturated heterocycles. The van der Waals surface area contributed by atoms with Crippen molar-refractivity contribution in [3.8, 4) is 0 Å². The fourth-order valence-electron chi connectivity index (χ4n) is 0.175. The molecule has 8 heavy (non-hydrogen) atoms. The van der Waals surface area contributed by atoms with Gasteiger partial charge in [-0.1, -0.05) is 0 Å². The molecule has 0 aromatic heterocycles. The summed E-state index contributed by atoms with van der Waals surface area (Å²) >= 11 is 3.44. The fourth-order valence-corrected chi connectivity index (χ4v) is 0.261. The first kappa shape index (κ1) is 7.23. The maximum absolute atomic E-state index is 9.99. The van der Waals surface area contributed by atoms with Crippen molar-refractivity contribution in [2.24, 2.45) is 10.9 Å². The summed E-state index contributed by atoms with van der Waals surface area (Å²) in [6.07, 6.45) is 3.96. The van der Waals surface area contributed by atoms with Gasteiger partial charge < -0.3 is 5.84 Å². The largest absolute Gasteiger partial charge is 0.323 e. The standard InChI is InChI=1S/C4H6N2OS/c5-6-3-1-2-4(7)8/h1-3H,5H2,(H,7,8). The lowest BCUT2D eigenvalue weighted by Gasteiger charge is -1.71. The van der Waals surface area contributed by atoms with E-state index in [1.807, 2.05) is 0 Å². The highest BCUT2D eigenvalue weighted by molar-refractivity contribution is 7.97. The molecule has 0 heterocycles. The first-order valence-corrected chi connectivity index (χ1v) is 2.35. The monoisotopic (exact) mass is 130 g/mol. The van der Waals surface area contributed by atoms with Gasteiger partial charge >= 0.3 is 0 Å². The molecule has 0 radical (unpaired) electrons. The van der Waals surface area contributed by atoms with Crippen LogP contribution in [0.15, 0.2) is 17.3 Å². The van der Waals surface area contributed by atoms with Gasteiger partial charge in [0.05, 0.1) is 0 Å². The van der Waals surface area contributed by atoms with Crippen molar-refractivity contribution in [3.05, 3.63) is 12.2 Å². The lowest BCUT2D eigenvalue weighted by atomic mass is 10.5. The second kappa shape index (κ2) is 4.39. The maximum Gasteiger partial charge on any atom is 0.209 e. The predicted octanol–water partition coefficient (Wildman–Crippen LogP) is -0.0565. The van der Waals surface area contributed by atoms with Crippen molar-refractivity contribution in [2.75, 3.05) is 0 Å². The van der Waals surface area contributed by atoms with Crippen LogP contribution in [-0.2, 0) is 4.79 Å². The van der Waals surface area contributed by atoms with Crippen LogP contribution >= 0.6 is 12.6 Å². The number of allylic oxidation sites excluding steroid dienone is 1. The third-order valence-electron chi connectivity index (χ3n) is 0.411. The minimum absolute atomic E-state index is 0.315. The summed E-state index contributed by atoms with van der Waals surface area (Å²) in [6, 6.07) is 0. The summed E-state index contributed by atoms with van der Waals surface area (Å²) in [5, 5.41) is 2.79. The molecular weight excluding hydrogens is 124 g/mol. The molecule has 0 spiro atoms. The van der Waals surface area contributed by atoms with Crippen LogP contribution in [-0.4, -0.2) is 11.3 Å². The molecule has 4 heteroatoms. The fraction of sp³-hybridized carbons (Fsp3) is 0. The Kier molecular flexibility index (Phi) is 3.97. The lowest BCUT2D eigenvalue weighted by Crippen LogP contribution is -1.80. The average molecular weight is 130 g/mol. The molecule has 44 valence electrons. The Labute approximate surface area is 52.7 Å². The maximum atomic E-state index is 9.99. The number of hydrogen-bond acceptors (Lipinski definition) is 3. The van der Waals surface area contributed by atoms with Gasteiger partial charge in [0.2, 0.25) is 5.12 Å². The van der Waals surface area contributed by atoms with E-state index in [0.29, 0.717) is 0 Å². The van der Waals surface area contributed by atoms with Gasteiger partial charge in [0.1, 0.15) is 0 Å². The summed E-state index contributed by atoms with van der Waals surface area (Å²) in [6.45, 7) is 0. The highest BCUT2D eigenvalue weighted by Gasteiger charge is 1.76. The topological polar surface area (TPSA) is 55.4 Å². The minimum atomic E-state index is -0.315. The molecule has 0 fully saturated rings. The Balaban J connectivity index is 3.50. The zero-order chi connectivity index (χ0) is 6.41. The van der Waals surface area contributed by atoms with Crippen LogP contribution in [0, 0.1) is 0 Å². The third-order valence-corrected chi connectivity index (χ3v) is 0.560. The molecule has 0 aliphatic carbocycles. The molecule has 0 atom stereocenters. The van der Waals surface area contributed by atoms with Gasteiger partial charge in [-0.25, -0.2) is 0 Å². The number of hydrogen-bond donors (Lipinski definition) is 2. The second-order valence-corrected chi connectivity index (χ2v) is 1.44. The van der Waals surface area contributed by atoms with Gasteiger partial charge in [-0.05, 0) is 12.2 Å². The molecule has 2 N–H and O–H groups in total. The summed E-state index contributed by atoms with van der Waals surface area (Å²) in [5.74, 6) is 4.70. The lowest BCUT2D eigenvalue weighted by molar-refractivity contribution is -0.106. The zero-order valence-electron chi connectivity index (χ0n) is 4.11. The quantitative estimate of drug-likeness (QED) is 0.181. The number of nitrogens with zero attached hydrogens (tertiary/aromatic N) is 1. The van der Waals surface area contributed by atoms with Gasteiger partial charge in [0, 0.05) is 6.21 Å². The van der Waals surface area contributed by atoms with Crippen molar-refractivity contribution in [1.82, 2.24) is 0 Å². The van der Waals surface area contributed by atoms with Gasteiger partial charge in [0.25, 0.3) is 0 Å². The second-order valence-electron chi connectivity index (χ2n) is 0.995. The van der Waals surface area contributed by atoms with Crippen molar-refractivity contribution in [1.29, 1.82) is 0 Å². The Morgan fingerprint density at radius 3 is 2.75 bits per heavy atom. The number of carbonyl (C=O) groups is 1. The zero-order valence-corrected chi connectivity index (χ0v) is 5.01. The normalized spacial score (nSPS) is 11.1. The first-order valence-electron chi connectivity index (χ1n) is 1.90. The van der Waals surface area contributed by atoms with E-state index >= 15 is 0 Å². The van der Waals surface area contributed by atoms with Crippen LogP contribution in [0.25, 0.3) is 0 Å². The number of rotatable bonds is 2. The SMILES string of the molecule is NN=CC=CC(=O)S. The highest BCUT2D eigenvalue weighted by atomic mass is 32.1. The first-order chi connectivity index (χ1) is 3.77. The molecule has 0 aromatic carbocycles. The van der Waals surface area contributed by atoms with E-state index in [1.54, 1.807) is 0 Å². The molecule has 3 nitrogen and oxygen atoms in total. The Morgan fingerprint density at radius 1 is 1.75 bits per heavy atom. The van der Waals surface area contributed by atoms with Gasteiger partial charge in [-0.2, -0.15) is 5.10 Å². The predicted molar refractivity (Wildman–Crippen MR) is 35.8 cm³/mol. The van der Waals surface area contributed by atoms with E-state index in [2.05, 4.69) is 17.7 Å². The van der Waals surface area contributed by atoms with E-state index in [1.165, 1.54) is 18.4 Å². The average Bonchev–Trinajstić information content (AvgIpc) is 1.66. The molecule has 0 saturated carbocycles. The van der Waals surface area contributed by atoms with Crippen molar-refractivity contribution in [2.45, 2.75) is 0 Å². The van der Waals surface area contributed by atoms with Crippen LogP contribution < -0.4 is 5.84 Å². The van der Waals surface area contributed by atoms with Crippen molar-refractivity contribution >= 4 is 24.0 Å². The van der Waals surface area contributed by atoms with E-state index in [0.717, 1.165) is 0 Å². The Morgan fingerprint density at radius 2 is 2.38 bits per heavy atom. The molecule has 0 unspecified atom stereocenters. The van der Waals surface area contributed by atoms with Crippen molar-refractivity contribution < 1.29 is 4.79 Å². The summed E-state index contributed by atoms with van der Waals surface area (Å²) < 4.78 is 0. The summed E-state index contributed by atoms with van der Waals surface area (Å²) in [4.78, 5) is 9.99. The van der Waals surface area contributed by atoms with E-state index in [4.69, 9.17) is 5.84 Å². The number of hydrazone groups is 1. The molecule has 0 aliphatic heterocycles. The van der Waals surface area contributed by atoms with Gasteiger partial charge in [-0.15, -0.1) is 12.6 Å². The van der Waals surface area contributed by atoms with Crippen LogP contribution in [0.1, 0.15) is 0 Å². The number of nitrogens with two attached hydrogens (primary N) is 1. The minimum Gasteiger partial charge on any atom is -0.323 e. The van der Waals surface area contributed by atoms with Gasteiger partial charge in [-0.3, -0.25) is 4.79 Å². The summed E-state index contributed by atoms with van der Waals surface area (Å²) in [7, 11) is 0. The van der Waals surface area contributed by atoms with Crippen molar-refractivity contribution in [3.63, 3.8) is 0 Å². The Bertz CT molecular complexity index is 130. The van der Waals surface area contributed by atoms with Gasteiger partial charge in [0.15, 0.2) is 0 Å². The van der Waals surface area contributed by atoms with Crippen LogP contribution in [0.3, 0.4) is 0 Å².